The SMILES string of the molecule is CCCCCC/C=C\C=C/CCCCCCCC(=O)OC[C@H](COP(=O)(O)O)OC(=O)CCC/C=C\C/C=C\C/C=C\C/C=C\[C@H](O)CCCC. The average molecular weight is 737 g/mol. The summed E-state index contributed by atoms with van der Waals surface area (Å²) in [5.74, 6) is -0.998. The zero-order valence-corrected chi connectivity index (χ0v) is 32.5. The van der Waals surface area contributed by atoms with Crippen LogP contribution in [-0.4, -0.2) is 52.3 Å². The van der Waals surface area contributed by atoms with Gasteiger partial charge in [0.05, 0.1) is 12.7 Å². The Kier molecular flexibility index (Phi) is 34.0. The van der Waals surface area contributed by atoms with Crippen LogP contribution in [0.1, 0.15) is 149 Å². The van der Waals surface area contributed by atoms with E-state index >= 15 is 0 Å². The van der Waals surface area contributed by atoms with Gasteiger partial charge >= 0.3 is 19.8 Å². The van der Waals surface area contributed by atoms with Crippen LogP contribution in [0.3, 0.4) is 0 Å². The maximum atomic E-state index is 12.3. The summed E-state index contributed by atoms with van der Waals surface area (Å²) < 4.78 is 26.2. The highest BCUT2D eigenvalue weighted by atomic mass is 31.2. The maximum absolute atomic E-state index is 12.3. The first kappa shape index (κ1) is 48.5. The highest BCUT2D eigenvalue weighted by Gasteiger charge is 2.22. The average Bonchev–Trinajstić information content (AvgIpc) is 3.09. The molecule has 0 rings (SSSR count). The number of aliphatic hydroxyl groups is 1. The topological polar surface area (TPSA) is 140 Å². The Morgan fingerprint density at radius 2 is 1.14 bits per heavy atom. The third-order valence-corrected chi connectivity index (χ3v) is 8.28. The van der Waals surface area contributed by atoms with Crippen molar-refractivity contribution in [2.24, 2.45) is 0 Å². The number of carbonyl (C=O) groups excluding carboxylic acids is 2. The summed E-state index contributed by atoms with van der Waals surface area (Å²) in [7, 11) is -4.78. The molecule has 292 valence electrons. The van der Waals surface area contributed by atoms with E-state index < -0.39 is 32.5 Å². The van der Waals surface area contributed by atoms with Crippen molar-refractivity contribution in [2.45, 2.75) is 161 Å². The van der Waals surface area contributed by atoms with Crippen molar-refractivity contribution in [1.29, 1.82) is 0 Å². The predicted molar refractivity (Wildman–Crippen MR) is 208 cm³/mol. The minimum absolute atomic E-state index is 0.112. The lowest BCUT2D eigenvalue weighted by Gasteiger charge is -2.18. The molecule has 0 aromatic heterocycles. The lowest BCUT2D eigenvalue weighted by molar-refractivity contribution is -0.161. The van der Waals surface area contributed by atoms with Gasteiger partial charge in [-0.25, -0.2) is 4.57 Å². The molecule has 0 aromatic rings. The van der Waals surface area contributed by atoms with Crippen LogP contribution in [-0.2, 0) is 28.2 Å². The molecule has 0 aliphatic rings. The second-order valence-corrected chi connectivity index (χ2v) is 14.0. The minimum atomic E-state index is -4.78. The Hall–Kier alpha value is -2.55. The van der Waals surface area contributed by atoms with Crippen LogP contribution in [0.2, 0.25) is 0 Å². The number of esters is 2. The van der Waals surface area contributed by atoms with Gasteiger partial charge in [-0.05, 0) is 70.6 Å². The summed E-state index contributed by atoms with van der Waals surface area (Å²) in [5.41, 5.74) is 0. The van der Waals surface area contributed by atoms with E-state index in [9.17, 15) is 19.3 Å². The Morgan fingerprint density at radius 1 is 0.608 bits per heavy atom. The molecule has 0 amide bonds. The number of hydrogen-bond acceptors (Lipinski definition) is 7. The minimum Gasteiger partial charge on any atom is -0.462 e. The van der Waals surface area contributed by atoms with Gasteiger partial charge in [0.15, 0.2) is 6.10 Å². The number of unbranched alkanes of at least 4 members (excludes halogenated alkanes) is 11. The van der Waals surface area contributed by atoms with Gasteiger partial charge in [0, 0.05) is 12.8 Å². The first-order valence-corrected chi connectivity index (χ1v) is 20.9. The van der Waals surface area contributed by atoms with E-state index in [2.05, 4.69) is 67.0 Å². The van der Waals surface area contributed by atoms with Gasteiger partial charge in [0.1, 0.15) is 6.61 Å². The Balaban J connectivity index is 4.14. The largest absolute Gasteiger partial charge is 0.469 e. The summed E-state index contributed by atoms with van der Waals surface area (Å²) in [4.78, 5) is 42.7. The molecule has 0 bridgehead atoms. The molecule has 0 saturated heterocycles. The Morgan fingerprint density at radius 3 is 1.76 bits per heavy atom. The van der Waals surface area contributed by atoms with Crippen LogP contribution < -0.4 is 0 Å². The predicted octanol–water partition coefficient (Wildman–Crippen LogP) is 10.5. The monoisotopic (exact) mass is 736 g/mol. The highest BCUT2D eigenvalue weighted by Crippen LogP contribution is 2.36. The van der Waals surface area contributed by atoms with E-state index in [1.165, 1.54) is 25.7 Å². The molecule has 0 saturated carbocycles. The second-order valence-electron chi connectivity index (χ2n) is 12.7. The number of phosphoric ester groups is 1. The van der Waals surface area contributed by atoms with Crippen molar-refractivity contribution in [2.75, 3.05) is 13.2 Å². The van der Waals surface area contributed by atoms with Gasteiger partial charge in [-0.2, -0.15) is 0 Å². The molecular formula is C41H69O9P. The van der Waals surface area contributed by atoms with Gasteiger partial charge in [0.25, 0.3) is 0 Å². The summed E-state index contributed by atoms with van der Waals surface area (Å²) in [6, 6.07) is 0. The molecule has 0 heterocycles. The quantitative estimate of drug-likeness (QED) is 0.0194. The number of aliphatic hydroxyl groups excluding tert-OH is 1. The van der Waals surface area contributed by atoms with Gasteiger partial charge in [-0.3, -0.25) is 14.1 Å². The van der Waals surface area contributed by atoms with Gasteiger partial charge in [0.2, 0.25) is 0 Å². The van der Waals surface area contributed by atoms with Crippen LogP contribution in [0.15, 0.2) is 72.9 Å². The van der Waals surface area contributed by atoms with E-state index in [-0.39, 0.29) is 25.6 Å². The summed E-state index contributed by atoms with van der Waals surface area (Å²) in [6.07, 6.45) is 42.4. The van der Waals surface area contributed by atoms with Crippen LogP contribution in [0.5, 0.6) is 0 Å². The highest BCUT2D eigenvalue weighted by molar-refractivity contribution is 7.46. The fourth-order valence-corrected chi connectivity index (χ4v) is 5.20. The lowest BCUT2D eigenvalue weighted by atomic mass is 10.1. The molecule has 0 unspecified atom stereocenters. The molecule has 9 nitrogen and oxygen atoms in total. The van der Waals surface area contributed by atoms with E-state index in [0.717, 1.165) is 77.0 Å². The molecule has 10 heteroatoms. The van der Waals surface area contributed by atoms with E-state index in [1.54, 1.807) is 0 Å². The normalized spacial score (nSPS) is 13.9. The first-order valence-electron chi connectivity index (χ1n) is 19.3. The zero-order valence-electron chi connectivity index (χ0n) is 31.6. The smallest absolute Gasteiger partial charge is 0.462 e. The third kappa shape index (κ3) is 38.5. The summed E-state index contributed by atoms with van der Waals surface area (Å²) in [5, 5.41) is 9.78. The van der Waals surface area contributed by atoms with E-state index in [0.29, 0.717) is 19.3 Å². The first-order chi connectivity index (χ1) is 24.7. The van der Waals surface area contributed by atoms with E-state index in [4.69, 9.17) is 19.3 Å². The van der Waals surface area contributed by atoms with Crippen molar-refractivity contribution in [3.63, 3.8) is 0 Å². The van der Waals surface area contributed by atoms with Crippen molar-refractivity contribution >= 4 is 19.8 Å². The standard InChI is InChI=1S/C41H69O9P/c1-3-5-7-8-9-10-11-12-13-14-18-21-24-27-30-34-40(43)48-36-39(37-49-51(45,46)47)50-41(44)35-31-28-25-22-19-16-15-17-20-23-26-29-33-38(42)32-6-4-2/h10-13,15-16,20,22-23,25,29,33,38-39,42H,3-9,14,17-19,21,24,26-28,30-32,34-37H2,1-2H3,(H2,45,46,47)/b11-10-,13-12-,16-15-,23-20-,25-22-,33-29-/t38-,39-/m1/s1. The van der Waals surface area contributed by atoms with Crippen LogP contribution in [0.25, 0.3) is 0 Å². The summed E-state index contributed by atoms with van der Waals surface area (Å²) in [6.45, 7) is 3.43. The maximum Gasteiger partial charge on any atom is 0.469 e. The molecule has 0 radical (unpaired) electrons. The Bertz CT molecular complexity index is 1070. The fourth-order valence-electron chi connectivity index (χ4n) is 4.84. The van der Waals surface area contributed by atoms with Crippen LogP contribution >= 0.6 is 7.82 Å². The van der Waals surface area contributed by atoms with Crippen molar-refractivity contribution < 1.29 is 43.0 Å². The van der Waals surface area contributed by atoms with Crippen molar-refractivity contribution in [3.05, 3.63) is 72.9 Å². The molecule has 51 heavy (non-hydrogen) atoms. The number of carbonyl (C=O) groups is 2. The number of rotatable bonds is 34. The summed E-state index contributed by atoms with van der Waals surface area (Å²) >= 11 is 0. The van der Waals surface area contributed by atoms with Crippen LogP contribution in [0, 0.1) is 0 Å². The number of phosphoric acid groups is 1. The molecular weight excluding hydrogens is 667 g/mol. The Labute approximate surface area is 309 Å². The zero-order chi connectivity index (χ0) is 37.7. The lowest BCUT2D eigenvalue weighted by Crippen LogP contribution is -2.29. The molecule has 0 fully saturated rings. The molecule has 0 aliphatic heterocycles. The van der Waals surface area contributed by atoms with Gasteiger partial charge in [-0.15, -0.1) is 0 Å². The second kappa shape index (κ2) is 35.8. The van der Waals surface area contributed by atoms with Crippen LogP contribution in [0.4, 0.5) is 0 Å². The van der Waals surface area contributed by atoms with E-state index in [1.807, 2.05) is 24.3 Å². The van der Waals surface area contributed by atoms with Gasteiger partial charge < -0.3 is 24.4 Å². The fraction of sp³-hybridized carbons (Fsp3) is 0.659. The van der Waals surface area contributed by atoms with Crippen molar-refractivity contribution in [3.8, 4) is 0 Å². The molecule has 0 spiro atoms. The number of hydrogen-bond donors (Lipinski definition) is 3. The molecule has 3 N–H and O–H groups in total. The third-order valence-electron chi connectivity index (χ3n) is 7.80. The molecule has 0 aliphatic carbocycles. The number of allylic oxidation sites excluding steroid dienone is 11. The molecule has 0 aromatic carbocycles. The van der Waals surface area contributed by atoms with Crippen molar-refractivity contribution in [1.82, 2.24) is 0 Å². The van der Waals surface area contributed by atoms with Gasteiger partial charge in [-0.1, -0.05) is 138 Å². The number of ether oxygens (including phenoxy) is 2. The molecule has 2 atom stereocenters.